The highest BCUT2D eigenvalue weighted by Crippen LogP contribution is 2.33. The Kier molecular flexibility index (Phi) is 7.18. The number of hydrogen-bond acceptors (Lipinski definition) is 7. The van der Waals surface area contributed by atoms with Crippen LogP contribution in [-0.2, 0) is 17.6 Å². The number of benzene rings is 1. The summed E-state index contributed by atoms with van der Waals surface area (Å²) in [6.07, 6.45) is 4.62. The number of pyridine rings is 1. The van der Waals surface area contributed by atoms with Crippen molar-refractivity contribution in [1.29, 1.82) is 0 Å². The summed E-state index contributed by atoms with van der Waals surface area (Å²) >= 11 is 3.52. The van der Waals surface area contributed by atoms with Gasteiger partial charge in [-0.2, -0.15) is 4.98 Å². The molecule has 0 fully saturated rings. The average molecular weight is 461 g/mol. The largest absolute Gasteiger partial charge is 0.493 e. The molecule has 3 rings (SSSR count). The van der Waals surface area contributed by atoms with Gasteiger partial charge in [0.1, 0.15) is 0 Å². The van der Waals surface area contributed by atoms with Crippen molar-refractivity contribution in [3.63, 3.8) is 0 Å². The van der Waals surface area contributed by atoms with Crippen LogP contribution in [0.1, 0.15) is 17.9 Å². The van der Waals surface area contributed by atoms with Crippen molar-refractivity contribution in [2.45, 2.75) is 19.3 Å². The third-order valence-electron chi connectivity index (χ3n) is 4.24. The van der Waals surface area contributed by atoms with E-state index in [-0.39, 0.29) is 12.3 Å². The first-order chi connectivity index (χ1) is 14.1. The zero-order chi connectivity index (χ0) is 20.6. The molecule has 1 N–H and O–H groups in total. The second-order valence-electron chi connectivity index (χ2n) is 6.15. The van der Waals surface area contributed by atoms with Gasteiger partial charge in [0.2, 0.25) is 17.6 Å². The molecule has 1 aromatic carbocycles. The van der Waals surface area contributed by atoms with Gasteiger partial charge in [0.25, 0.3) is 0 Å². The lowest BCUT2D eigenvalue weighted by atomic mass is 10.1. The van der Waals surface area contributed by atoms with Gasteiger partial charge in [0, 0.05) is 41.8 Å². The minimum atomic E-state index is -0.0785. The van der Waals surface area contributed by atoms with Crippen molar-refractivity contribution in [3.8, 4) is 22.9 Å². The minimum Gasteiger partial charge on any atom is -0.493 e. The summed E-state index contributed by atoms with van der Waals surface area (Å²) in [5, 5.41) is 6.84. The highest BCUT2D eigenvalue weighted by Gasteiger charge is 2.12. The summed E-state index contributed by atoms with van der Waals surface area (Å²) in [6.45, 7) is 0.499. The molecular weight excluding hydrogens is 440 g/mol. The van der Waals surface area contributed by atoms with E-state index in [0.717, 1.165) is 15.6 Å². The summed E-state index contributed by atoms with van der Waals surface area (Å²) in [4.78, 5) is 20.4. The van der Waals surface area contributed by atoms with Gasteiger partial charge in [-0.1, -0.05) is 21.1 Å². The van der Waals surface area contributed by atoms with Crippen LogP contribution in [0.25, 0.3) is 11.4 Å². The molecule has 0 unspecified atom stereocenters. The number of methoxy groups -OCH3 is 2. The molecule has 3 aromatic rings. The van der Waals surface area contributed by atoms with Crippen LogP contribution in [0.4, 0.5) is 0 Å². The summed E-state index contributed by atoms with van der Waals surface area (Å²) in [5.74, 6) is 2.14. The number of hydrogen-bond donors (Lipinski definition) is 1. The predicted octanol–water partition coefficient (Wildman–Crippen LogP) is 3.20. The number of halogens is 1. The Labute approximate surface area is 176 Å². The number of amides is 1. The van der Waals surface area contributed by atoms with E-state index < -0.39 is 0 Å². The molecule has 0 radical (unpaired) electrons. The van der Waals surface area contributed by atoms with E-state index in [4.69, 9.17) is 14.0 Å². The number of aromatic nitrogens is 3. The fourth-order valence-corrected chi connectivity index (χ4v) is 3.23. The topological polar surface area (TPSA) is 99.4 Å². The first-order valence-electron chi connectivity index (χ1n) is 9.00. The van der Waals surface area contributed by atoms with E-state index >= 15 is 0 Å². The SMILES string of the molecule is COc1cc(Br)c(CCNC(=O)CCc2nc(-c3ccncc3)no2)cc1OC. The molecule has 0 bridgehead atoms. The van der Waals surface area contributed by atoms with Crippen LogP contribution in [-0.4, -0.2) is 41.8 Å². The molecule has 0 saturated carbocycles. The zero-order valence-electron chi connectivity index (χ0n) is 16.1. The Morgan fingerprint density at radius 3 is 2.59 bits per heavy atom. The predicted molar refractivity (Wildman–Crippen MR) is 110 cm³/mol. The minimum absolute atomic E-state index is 0.0785. The Balaban J connectivity index is 1.47. The molecule has 29 heavy (non-hydrogen) atoms. The highest BCUT2D eigenvalue weighted by molar-refractivity contribution is 9.10. The summed E-state index contributed by atoms with van der Waals surface area (Å²) in [7, 11) is 3.18. The molecule has 0 spiro atoms. The number of carbonyl (C=O) groups is 1. The molecule has 2 heterocycles. The maximum atomic E-state index is 12.1. The Bertz CT molecular complexity index is 962. The van der Waals surface area contributed by atoms with Crippen LogP contribution in [0, 0.1) is 0 Å². The van der Waals surface area contributed by atoms with Gasteiger partial charge in [0.05, 0.1) is 14.2 Å². The third kappa shape index (κ3) is 5.54. The molecule has 1 amide bonds. The van der Waals surface area contributed by atoms with E-state index in [1.165, 1.54) is 0 Å². The van der Waals surface area contributed by atoms with Crippen LogP contribution in [0.3, 0.4) is 0 Å². The molecule has 0 aliphatic heterocycles. The molecule has 2 aromatic heterocycles. The standard InChI is InChI=1S/C20H21BrN4O4/c1-27-16-11-14(15(21)12-17(16)28-2)7-10-23-18(26)3-4-19-24-20(25-29-19)13-5-8-22-9-6-13/h5-6,8-9,11-12H,3-4,7,10H2,1-2H3,(H,23,26). The first kappa shape index (κ1) is 20.8. The lowest BCUT2D eigenvalue weighted by Gasteiger charge is -2.12. The average Bonchev–Trinajstić information content (AvgIpc) is 3.23. The molecule has 152 valence electrons. The molecule has 0 atom stereocenters. The van der Waals surface area contributed by atoms with E-state index in [9.17, 15) is 4.79 Å². The number of nitrogens with zero attached hydrogens (tertiary/aromatic N) is 3. The van der Waals surface area contributed by atoms with E-state index in [1.807, 2.05) is 12.1 Å². The van der Waals surface area contributed by atoms with Crippen LogP contribution in [0.5, 0.6) is 11.5 Å². The second-order valence-corrected chi connectivity index (χ2v) is 7.00. The number of ether oxygens (including phenoxy) is 2. The molecule has 8 nitrogen and oxygen atoms in total. The number of rotatable bonds is 9. The van der Waals surface area contributed by atoms with Crippen molar-refractivity contribution in [2.24, 2.45) is 0 Å². The lowest BCUT2D eigenvalue weighted by molar-refractivity contribution is -0.121. The van der Waals surface area contributed by atoms with Crippen LogP contribution >= 0.6 is 15.9 Å². The van der Waals surface area contributed by atoms with Crippen molar-refractivity contribution in [1.82, 2.24) is 20.4 Å². The lowest BCUT2D eigenvalue weighted by Crippen LogP contribution is -2.26. The maximum absolute atomic E-state index is 12.1. The third-order valence-corrected chi connectivity index (χ3v) is 4.98. The van der Waals surface area contributed by atoms with Crippen LogP contribution in [0.2, 0.25) is 0 Å². The number of carbonyl (C=O) groups excluding carboxylic acids is 1. The Morgan fingerprint density at radius 1 is 1.14 bits per heavy atom. The molecule has 0 aliphatic carbocycles. The fraction of sp³-hybridized carbons (Fsp3) is 0.300. The highest BCUT2D eigenvalue weighted by atomic mass is 79.9. The van der Waals surface area contributed by atoms with Gasteiger partial charge in [-0.3, -0.25) is 9.78 Å². The first-order valence-corrected chi connectivity index (χ1v) is 9.80. The summed E-state index contributed by atoms with van der Waals surface area (Å²) in [5.41, 5.74) is 1.83. The monoisotopic (exact) mass is 460 g/mol. The molecule has 9 heteroatoms. The quantitative estimate of drug-likeness (QED) is 0.523. The molecule has 0 aliphatic rings. The van der Waals surface area contributed by atoms with Crippen molar-refractivity contribution in [3.05, 3.63) is 52.6 Å². The maximum Gasteiger partial charge on any atom is 0.227 e. The fourth-order valence-electron chi connectivity index (χ4n) is 2.71. The van der Waals surface area contributed by atoms with Gasteiger partial charge < -0.3 is 19.3 Å². The van der Waals surface area contributed by atoms with Gasteiger partial charge in [-0.05, 0) is 36.2 Å². The summed E-state index contributed by atoms with van der Waals surface area (Å²) in [6, 6.07) is 7.35. The van der Waals surface area contributed by atoms with Crippen molar-refractivity contribution in [2.75, 3.05) is 20.8 Å². The number of nitrogens with one attached hydrogen (secondary N) is 1. The van der Waals surface area contributed by atoms with E-state index in [1.54, 1.807) is 38.7 Å². The van der Waals surface area contributed by atoms with E-state index in [0.29, 0.717) is 42.6 Å². The van der Waals surface area contributed by atoms with Crippen LogP contribution in [0.15, 0.2) is 45.7 Å². The van der Waals surface area contributed by atoms with Crippen LogP contribution < -0.4 is 14.8 Å². The van der Waals surface area contributed by atoms with Gasteiger partial charge >= 0.3 is 0 Å². The second kappa shape index (κ2) is 10.0. The smallest absolute Gasteiger partial charge is 0.227 e. The van der Waals surface area contributed by atoms with Gasteiger partial charge in [-0.15, -0.1) is 0 Å². The normalized spacial score (nSPS) is 10.6. The molecular formula is C20H21BrN4O4. The Hall–Kier alpha value is -2.94. The Morgan fingerprint density at radius 2 is 1.86 bits per heavy atom. The van der Waals surface area contributed by atoms with Gasteiger partial charge in [0.15, 0.2) is 11.5 Å². The van der Waals surface area contributed by atoms with Crippen molar-refractivity contribution >= 4 is 21.8 Å². The summed E-state index contributed by atoms with van der Waals surface area (Å²) < 4.78 is 16.7. The zero-order valence-corrected chi connectivity index (χ0v) is 17.7. The number of aryl methyl sites for hydroxylation is 1. The van der Waals surface area contributed by atoms with Gasteiger partial charge in [-0.25, -0.2) is 0 Å². The van der Waals surface area contributed by atoms with E-state index in [2.05, 4.69) is 36.4 Å². The molecule has 0 saturated heterocycles. The van der Waals surface area contributed by atoms with Crippen molar-refractivity contribution < 1.29 is 18.8 Å².